The molecule has 0 fully saturated rings. The number of rotatable bonds is 10. The number of hydrogen-bond acceptors (Lipinski definition) is 5. The highest BCUT2D eigenvalue weighted by atomic mass is 16.5. The molecule has 0 aromatic heterocycles. The summed E-state index contributed by atoms with van der Waals surface area (Å²) in [6.45, 7) is 7.88. The predicted molar refractivity (Wildman–Crippen MR) is 69.3 cm³/mol. The third kappa shape index (κ3) is 6.95. The van der Waals surface area contributed by atoms with Gasteiger partial charge in [-0.05, 0) is 13.8 Å². The summed E-state index contributed by atoms with van der Waals surface area (Å²) in [5, 5.41) is 0. The normalized spacial score (nSPS) is 14.3. The molecular weight excluding hydrogens is 220 g/mol. The van der Waals surface area contributed by atoms with Gasteiger partial charge in [0.2, 0.25) is 0 Å². The highest BCUT2D eigenvalue weighted by molar-refractivity contribution is 4.85. The SMILES string of the molecule is COCCN(CCOC)CC(N)C(C)(C)OC. The van der Waals surface area contributed by atoms with E-state index in [9.17, 15) is 0 Å². The maximum Gasteiger partial charge on any atom is 0.0785 e. The Morgan fingerprint density at radius 3 is 1.88 bits per heavy atom. The predicted octanol–water partition coefficient (Wildman–Crippen LogP) is 0.334. The third-order valence-corrected chi connectivity index (χ3v) is 3.10. The van der Waals surface area contributed by atoms with Gasteiger partial charge in [-0.2, -0.15) is 0 Å². The average molecular weight is 248 g/mol. The molecular formula is C12H28N2O3. The van der Waals surface area contributed by atoms with Crippen LogP contribution in [0.4, 0.5) is 0 Å². The minimum absolute atomic E-state index is 0.0405. The summed E-state index contributed by atoms with van der Waals surface area (Å²) in [7, 11) is 5.09. The van der Waals surface area contributed by atoms with Gasteiger partial charge in [0.25, 0.3) is 0 Å². The quantitative estimate of drug-likeness (QED) is 0.604. The second-order valence-corrected chi connectivity index (χ2v) is 4.70. The van der Waals surface area contributed by atoms with Gasteiger partial charge in [-0.3, -0.25) is 4.90 Å². The first-order valence-corrected chi connectivity index (χ1v) is 5.99. The third-order valence-electron chi connectivity index (χ3n) is 3.10. The molecule has 5 heteroatoms. The van der Waals surface area contributed by atoms with Crippen molar-refractivity contribution in [3.05, 3.63) is 0 Å². The fourth-order valence-electron chi connectivity index (χ4n) is 1.38. The van der Waals surface area contributed by atoms with E-state index >= 15 is 0 Å². The second-order valence-electron chi connectivity index (χ2n) is 4.70. The van der Waals surface area contributed by atoms with E-state index in [1.165, 1.54) is 0 Å². The Balaban J connectivity index is 4.20. The van der Waals surface area contributed by atoms with E-state index in [4.69, 9.17) is 19.9 Å². The summed E-state index contributed by atoms with van der Waals surface area (Å²) < 4.78 is 15.6. The molecule has 0 saturated carbocycles. The molecule has 1 atom stereocenters. The van der Waals surface area contributed by atoms with Crippen LogP contribution >= 0.6 is 0 Å². The van der Waals surface area contributed by atoms with E-state index in [0.29, 0.717) is 13.2 Å². The average Bonchev–Trinajstić information content (AvgIpc) is 2.32. The molecule has 0 heterocycles. The Labute approximate surface area is 105 Å². The lowest BCUT2D eigenvalue weighted by molar-refractivity contribution is -0.0120. The van der Waals surface area contributed by atoms with Crippen molar-refractivity contribution >= 4 is 0 Å². The highest BCUT2D eigenvalue weighted by Gasteiger charge is 2.27. The van der Waals surface area contributed by atoms with Crippen LogP contribution in [0.15, 0.2) is 0 Å². The van der Waals surface area contributed by atoms with Crippen molar-refractivity contribution in [2.75, 3.05) is 54.2 Å². The lowest BCUT2D eigenvalue weighted by Crippen LogP contribution is -2.52. The van der Waals surface area contributed by atoms with Gasteiger partial charge < -0.3 is 19.9 Å². The summed E-state index contributed by atoms with van der Waals surface area (Å²) in [5.41, 5.74) is 5.84. The van der Waals surface area contributed by atoms with E-state index < -0.39 is 0 Å². The molecule has 0 aromatic rings. The molecule has 17 heavy (non-hydrogen) atoms. The van der Waals surface area contributed by atoms with Gasteiger partial charge in [-0.15, -0.1) is 0 Å². The zero-order chi connectivity index (χ0) is 13.3. The van der Waals surface area contributed by atoms with Crippen LogP contribution in [0.2, 0.25) is 0 Å². The molecule has 0 amide bonds. The summed E-state index contributed by atoms with van der Waals surface area (Å²) in [6, 6.07) is -0.0405. The van der Waals surface area contributed by atoms with Crippen molar-refractivity contribution in [2.24, 2.45) is 5.73 Å². The Morgan fingerprint density at radius 2 is 1.53 bits per heavy atom. The molecule has 0 aromatic carbocycles. The monoisotopic (exact) mass is 248 g/mol. The standard InChI is InChI=1S/C12H28N2O3/c1-12(2,17-5)11(13)10-14(6-8-15-3)7-9-16-4/h11H,6-10,13H2,1-5H3. The molecule has 0 radical (unpaired) electrons. The molecule has 0 rings (SSSR count). The highest BCUT2D eigenvalue weighted by Crippen LogP contribution is 2.12. The molecule has 0 bridgehead atoms. The van der Waals surface area contributed by atoms with Crippen LogP contribution in [0.25, 0.3) is 0 Å². The van der Waals surface area contributed by atoms with E-state index in [-0.39, 0.29) is 11.6 Å². The molecule has 2 N–H and O–H groups in total. The van der Waals surface area contributed by atoms with Crippen molar-refractivity contribution < 1.29 is 14.2 Å². The fraction of sp³-hybridized carbons (Fsp3) is 1.00. The van der Waals surface area contributed by atoms with Gasteiger partial charge >= 0.3 is 0 Å². The van der Waals surface area contributed by atoms with Gasteiger partial charge in [-0.1, -0.05) is 0 Å². The lowest BCUT2D eigenvalue weighted by Gasteiger charge is -2.34. The van der Waals surface area contributed by atoms with Gasteiger partial charge in [0.1, 0.15) is 0 Å². The number of nitrogens with zero attached hydrogens (tertiary/aromatic N) is 1. The zero-order valence-electron chi connectivity index (χ0n) is 11.9. The molecule has 1 unspecified atom stereocenters. The van der Waals surface area contributed by atoms with Crippen LogP contribution in [0, 0.1) is 0 Å². The number of ether oxygens (including phenoxy) is 3. The Kier molecular flexibility index (Phi) is 8.72. The van der Waals surface area contributed by atoms with Crippen LogP contribution in [0.3, 0.4) is 0 Å². The molecule has 0 aliphatic carbocycles. The minimum Gasteiger partial charge on any atom is -0.383 e. The van der Waals surface area contributed by atoms with Crippen molar-refractivity contribution in [1.29, 1.82) is 0 Å². The Hall–Kier alpha value is -0.200. The summed E-state index contributed by atoms with van der Waals surface area (Å²) in [4.78, 5) is 2.23. The number of nitrogens with two attached hydrogens (primary N) is 1. The van der Waals surface area contributed by atoms with Crippen molar-refractivity contribution in [3.8, 4) is 0 Å². The Bertz CT molecular complexity index is 181. The minimum atomic E-state index is -0.321. The van der Waals surface area contributed by atoms with Gasteiger partial charge in [-0.25, -0.2) is 0 Å². The maximum atomic E-state index is 6.16. The molecule has 5 nitrogen and oxygen atoms in total. The number of hydrogen-bond donors (Lipinski definition) is 1. The summed E-state index contributed by atoms with van der Waals surface area (Å²) >= 11 is 0. The van der Waals surface area contributed by atoms with E-state index in [1.807, 2.05) is 13.8 Å². The molecule has 0 aliphatic heterocycles. The maximum absolute atomic E-state index is 6.16. The molecule has 0 aliphatic rings. The van der Waals surface area contributed by atoms with Crippen LogP contribution in [0.1, 0.15) is 13.8 Å². The van der Waals surface area contributed by atoms with Gasteiger partial charge in [0.15, 0.2) is 0 Å². The number of methoxy groups -OCH3 is 3. The largest absolute Gasteiger partial charge is 0.383 e. The van der Waals surface area contributed by atoms with Gasteiger partial charge in [0.05, 0.1) is 18.8 Å². The summed E-state index contributed by atoms with van der Waals surface area (Å²) in [5.74, 6) is 0. The smallest absolute Gasteiger partial charge is 0.0785 e. The first-order chi connectivity index (χ1) is 7.97. The molecule has 0 saturated heterocycles. The fourth-order valence-corrected chi connectivity index (χ4v) is 1.38. The van der Waals surface area contributed by atoms with Crippen LogP contribution in [0.5, 0.6) is 0 Å². The van der Waals surface area contributed by atoms with Gasteiger partial charge in [0, 0.05) is 47.0 Å². The van der Waals surface area contributed by atoms with Crippen LogP contribution < -0.4 is 5.73 Å². The van der Waals surface area contributed by atoms with Crippen molar-refractivity contribution in [2.45, 2.75) is 25.5 Å². The first-order valence-electron chi connectivity index (χ1n) is 5.99. The van der Waals surface area contributed by atoms with Crippen LogP contribution in [-0.2, 0) is 14.2 Å². The zero-order valence-corrected chi connectivity index (χ0v) is 11.9. The second kappa shape index (κ2) is 8.83. The summed E-state index contributed by atoms with van der Waals surface area (Å²) in [6.07, 6.45) is 0. The topological polar surface area (TPSA) is 57.0 Å². The van der Waals surface area contributed by atoms with Crippen molar-refractivity contribution in [3.63, 3.8) is 0 Å². The van der Waals surface area contributed by atoms with Crippen molar-refractivity contribution in [1.82, 2.24) is 4.90 Å². The first kappa shape index (κ1) is 16.8. The van der Waals surface area contributed by atoms with E-state index in [1.54, 1.807) is 21.3 Å². The molecule has 0 spiro atoms. The Morgan fingerprint density at radius 1 is 1.06 bits per heavy atom. The van der Waals surface area contributed by atoms with E-state index in [0.717, 1.165) is 19.6 Å². The van der Waals surface area contributed by atoms with Crippen LogP contribution in [-0.4, -0.2) is 70.7 Å². The molecule has 104 valence electrons. The lowest BCUT2D eigenvalue weighted by atomic mass is 9.99. The van der Waals surface area contributed by atoms with E-state index in [2.05, 4.69) is 4.90 Å².